The maximum absolute atomic E-state index is 11.5. The molecule has 0 bridgehead atoms. The molecule has 0 fully saturated rings. The first-order valence-corrected chi connectivity index (χ1v) is 8.48. The molecule has 3 aromatic carbocycles. The molecule has 3 aromatic rings. The second kappa shape index (κ2) is 7.61. The lowest BCUT2D eigenvalue weighted by Crippen LogP contribution is -2.09. The van der Waals surface area contributed by atoms with Gasteiger partial charge in [-0.3, -0.25) is 0 Å². The van der Waals surface area contributed by atoms with E-state index in [-0.39, 0.29) is 17.6 Å². The third-order valence-electron chi connectivity index (χ3n) is 3.38. The number of aliphatic hydroxyl groups is 1. The lowest BCUT2D eigenvalue weighted by molar-refractivity contribution is 0.142. The average Bonchev–Trinajstić information content (AvgIpc) is 2.58. The minimum Gasteiger partial charge on any atom is -0.455 e. The van der Waals surface area contributed by atoms with Gasteiger partial charge in [0.15, 0.2) is 0 Å². The molecule has 0 aromatic heterocycles. The molecular weight excluding hydrogens is 344 g/mol. The molecule has 4 nitrogen and oxygen atoms in total. The number of ether oxygens (including phenoxy) is 2. The van der Waals surface area contributed by atoms with E-state index in [4.69, 9.17) is 26.8 Å². The fraction of sp³-hybridized carbons (Fsp3) is 0.111. The van der Waals surface area contributed by atoms with E-state index in [9.17, 15) is 4.79 Å². The van der Waals surface area contributed by atoms with Crippen LogP contribution < -0.4 is 4.74 Å². The van der Waals surface area contributed by atoms with Crippen molar-refractivity contribution in [3.63, 3.8) is 0 Å². The Bertz CT molecular complexity index is 908. The smallest absolute Gasteiger partial charge is 0.376 e. The Morgan fingerprint density at radius 3 is 2.50 bits per heavy atom. The molecule has 0 aliphatic rings. The molecule has 0 aliphatic carbocycles. The van der Waals surface area contributed by atoms with Gasteiger partial charge in [0.2, 0.25) is 4.38 Å². The second-order valence-electron chi connectivity index (χ2n) is 4.95. The predicted octanol–water partition coefficient (Wildman–Crippen LogP) is 4.52. The van der Waals surface area contributed by atoms with E-state index in [0.717, 1.165) is 21.5 Å². The molecule has 0 atom stereocenters. The zero-order chi connectivity index (χ0) is 16.9. The SMILES string of the molecule is O=C(OCCO)SC(=S)Oc1cccc2cc3ccccc3cc12. The van der Waals surface area contributed by atoms with Crippen LogP contribution in [-0.2, 0) is 4.74 Å². The summed E-state index contributed by atoms with van der Waals surface area (Å²) in [4.78, 5) is 11.5. The van der Waals surface area contributed by atoms with Crippen LogP contribution >= 0.6 is 24.0 Å². The summed E-state index contributed by atoms with van der Waals surface area (Å²) in [7, 11) is 0. The molecular formula is C18H14O4S2. The van der Waals surface area contributed by atoms with Gasteiger partial charge in [-0.25, -0.2) is 4.79 Å². The van der Waals surface area contributed by atoms with E-state index in [1.807, 2.05) is 42.5 Å². The number of thioether (sulfide) groups is 1. The zero-order valence-corrected chi connectivity index (χ0v) is 14.2. The first-order valence-electron chi connectivity index (χ1n) is 7.26. The van der Waals surface area contributed by atoms with E-state index >= 15 is 0 Å². The predicted molar refractivity (Wildman–Crippen MR) is 101 cm³/mol. The Morgan fingerprint density at radius 1 is 1.04 bits per heavy atom. The number of hydrogen-bond donors (Lipinski definition) is 1. The van der Waals surface area contributed by atoms with E-state index in [1.165, 1.54) is 0 Å². The van der Waals surface area contributed by atoms with E-state index in [0.29, 0.717) is 17.5 Å². The molecule has 0 radical (unpaired) electrons. The Morgan fingerprint density at radius 2 is 1.75 bits per heavy atom. The third kappa shape index (κ3) is 3.84. The van der Waals surface area contributed by atoms with Crippen LogP contribution in [0.15, 0.2) is 54.6 Å². The van der Waals surface area contributed by atoms with Crippen molar-refractivity contribution in [2.24, 2.45) is 0 Å². The minimum atomic E-state index is -0.597. The first kappa shape index (κ1) is 16.7. The van der Waals surface area contributed by atoms with Gasteiger partial charge < -0.3 is 14.6 Å². The molecule has 24 heavy (non-hydrogen) atoms. The number of rotatable bonds is 3. The fourth-order valence-corrected chi connectivity index (χ4v) is 3.07. The number of fused-ring (bicyclic) bond motifs is 2. The van der Waals surface area contributed by atoms with Gasteiger partial charge in [0.1, 0.15) is 12.4 Å². The Labute approximate surface area is 148 Å². The molecule has 0 aliphatic heterocycles. The number of carbonyl (C=O) groups excluding carboxylic acids is 1. The molecule has 6 heteroatoms. The normalized spacial score (nSPS) is 10.7. The van der Waals surface area contributed by atoms with Gasteiger partial charge in [0.05, 0.1) is 6.61 Å². The Kier molecular flexibility index (Phi) is 5.30. The fourth-order valence-electron chi connectivity index (χ4n) is 2.36. The van der Waals surface area contributed by atoms with E-state index in [1.54, 1.807) is 0 Å². The maximum Gasteiger partial charge on any atom is 0.376 e. The molecule has 3 rings (SSSR count). The highest BCUT2D eigenvalue weighted by atomic mass is 32.2. The van der Waals surface area contributed by atoms with Gasteiger partial charge in [-0.05, 0) is 46.6 Å². The van der Waals surface area contributed by atoms with Crippen molar-refractivity contribution in [2.75, 3.05) is 13.2 Å². The maximum atomic E-state index is 11.5. The van der Waals surface area contributed by atoms with Crippen LogP contribution in [0.3, 0.4) is 0 Å². The summed E-state index contributed by atoms with van der Waals surface area (Å²) in [6.45, 7) is -0.287. The van der Waals surface area contributed by atoms with Crippen molar-refractivity contribution in [1.29, 1.82) is 0 Å². The van der Waals surface area contributed by atoms with Crippen LogP contribution in [0.5, 0.6) is 5.75 Å². The number of hydrogen-bond acceptors (Lipinski definition) is 6. The van der Waals surface area contributed by atoms with E-state index in [2.05, 4.69) is 12.1 Å². The molecule has 0 saturated heterocycles. The van der Waals surface area contributed by atoms with Gasteiger partial charge in [0.25, 0.3) is 0 Å². The monoisotopic (exact) mass is 358 g/mol. The van der Waals surface area contributed by atoms with Crippen LogP contribution in [0, 0.1) is 0 Å². The topological polar surface area (TPSA) is 55.8 Å². The third-order valence-corrected chi connectivity index (χ3v) is 4.25. The van der Waals surface area contributed by atoms with Crippen molar-refractivity contribution in [3.05, 3.63) is 54.6 Å². The second-order valence-corrected chi connectivity index (χ2v) is 6.49. The van der Waals surface area contributed by atoms with Gasteiger partial charge in [-0.15, -0.1) is 0 Å². The summed E-state index contributed by atoms with van der Waals surface area (Å²) in [5.74, 6) is 0.589. The van der Waals surface area contributed by atoms with Crippen molar-refractivity contribution < 1.29 is 19.4 Å². The average molecular weight is 358 g/mol. The standard InChI is InChI=1S/C18H14O4S2/c19-8-9-21-17(20)24-18(23)22-16-7-3-6-14-10-12-4-1-2-5-13(12)11-15(14)16/h1-7,10-11,19H,8-9H2. The number of carbonyl (C=O) groups is 1. The summed E-state index contributed by atoms with van der Waals surface area (Å²) >= 11 is 5.78. The largest absolute Gasteiger partial charge is 0.455 e. The minimum absolute atomic E-state index is 0.0543. The number of thiocarbonyl (C=S) groups is 1. The quantitative estimate of drug-likeness (QED) is 0.422. The molecule has 0 spiro atoms. The first-order chi connectivity index (χ1) is 11.7. The lowest BCUT2D eigenvalue weighted by atomic mass is 10.0. The highest BCUT2D eigenvalue weighted by Crippen LogP contribution is 2.31. The number of benzene rings is 3. The van der Waals surface area contributed by atoms with Crippen molar-refractivity contribution >= 4 is 55.2 Å². The highest BCUT2D eigenvalue weighted by molar-refractivity contribution is 8.32. The van der Waals surface area contributed by atoms with Crippen LogP contribution in [0.25, 0.3) is 21.5 Å². The summed E-state index contributed by atoms with van der Waals surface area (Å²) in [5.41, 5.74) is 0. The van der Waals surface area contributed by atoms with Gasteiger partial charge in [0, 0.05) is 17.1 Å². The zero-order valence-electron chi connectivity index (χ0n) is 12.6. The van der Waals surface area contributed by atoms with Crippen molar-refractivity contribution in [3.8, 4) is 5.75 Å². The van der Waals surface area contributed by atoms with Gasteiger partial charge >= 0.3 is 5.30 Å². The van der Waals surface area contributed by atoms with Crippen molar-refractivity contribution in [1.82, 2.24) is 0 Å². The summed E-state index contributed by atoms with van der Waals surface area (Å²) in [6.07, 6.45) is 0. The Hall–Kier alpha value is -2.15. The summed E-state index contributed by atoms with van der Waals surface area (Å²) < 4.78 is 10.5. The molecule has 0 unspecified atom stereocenters. The van der Waals surface area contributed by atoms with Crippen LogP contribution in [0.4, 0.5) is 4.79 Å². The van der Waals surface area contributed by atoms with Gasteiger partial charge in [-0.2, -0.15) is 0 Å². The van der Waals surface area contributed by atoms with Gasteiger partial charge in [-0.1, -0.05) is 36.4 Å². The Balaban J connectivity index is 1.85. The molecule has 122 valence electrons. The number of aliphatic hydroxyl groups excluding tert-OH is 1. The van der Waals surface area contributed by atoms with Crippen LogP contribution in [0.1, 0.15) is 0 Å². The van der Waals surface area contributed by atoms with E-state index < -0.39 is 5.30 Å². The lowest BCUT2D eigenvalue weighted by Gasteiger charge is -2.10. The summed E-state index contributed by atoms with van der Waals surface area (Å²) in [6, 6.07) is 17.9. The highest BCUT2D eigenvalue weighted by Gasteiger charge is 2.12. The molecule has 0 heterocycles. The van der Waals surface area contributed by atoms with Crippen LogP contribution in [-0.4, -0.2) is 28.0 Å². The summed E-state index contributed by atoms with van der Waals surface area (Å²) in [5, 5.41) is 12.2. The molecule has 0 amide bonds. The molecule has 0 saturated carbocycles. The molecule has 1 N–H and O–H groups in total. The van der Waals surface area contributed by atoms with Crippen LogP contribution in [0.2, 0.25) is 0 Å². The van der Waals surface area contributed by atoms with Crippen molar-refractivity contribution in [2.45, 2.75) is 0 Å².